The van der Waals surface area contributed by atoms with Gasteiger partial charge in [0.15, 0.2) is 5.78 Å². The summed E-state index contributed by atoms with van der Waals surface area (Å²) in [6.45, 7) is 8.28. The molecule has 3 nitrogen and oxygen atoms in total. The summed E-state index contributed by atoms with van der Waals surface area (Å²) in [5.41, 5.74) is 2.65. The van der Waals surface area contributed by atoms with Crippen LogP contribution in [0.3, 0.4) is 0 Å². The zero-order valence-electron chi connectivity index (χ0n) is 11.9. The first-order valence-corrected chi connectivity index (χ1v) is 6.65. The fourth-order valence-corrected chi connectivity index (χ4v) is 1.66. The third-order valence-corrected chi connectivity index (χ3v) is 2.76. The van der Waals surface area contributed by atoms with Gasteiger partial charge in [0.25, 0.3) is 0 Å². The summed E-state index contributed by atoms with van der Waals surface area (Å²) in [5, 5.41) is 0. The Bertz CT molecular complexity index is 410. The minimum absolute atomic E-state index is 0. The minimum Gasteiger partial charge on any atom is -0.493 e. The molecular formula is C16H24O3. The lowest BCUT2D eigenvalue weighted by Gasteiger charge is -1.96. The number of rotatable bonds is 7. The number of hydrogen-bond acceptors (Lipinski definition) is 2. The van der Waals surface area contributed by atoms with Gasteiger partial charge < -0.3 is 10.2 Å². The highest BCUT2D eigenvalue weighted by atomic mass is 16.5. The first kappa shape index (κ1) is 17.4. The standard InChI is InChI=1S/C8H8O.C8H14O.H2O/c1-2-9-8-4-3-6-5-7(6)8;1-3-5-6-7-8(9)4-2;/h3-5H,2H2,1H3;4H,2-3,5-7H2,1H3;1H2. The summed E-state index contributed by atoms with van der Waals surface area (Å²) in [5.74, 6) is 1.22. The molecule has 0 aromatic heterocycles. The van der Waals surface area contributed by atoms with Crippen LogP contribution in [-0.4, -0.2) is 17.9 Å². The van der Waals surface area contributed by atoms with Crippen LogP contribution in [0.2, 0.25) is 0 Å². The van der Waals surface area contributed by atoms with Crippen molar-refractivity contribution >= 4 is 5.78 Å². The number of allylic oxidation sites excluding steroid dienone is 1. The number of ether oxygens (including phenoxy) is 1. The van der Waals surface area contributed by atoms with E-state index in [1.54, 1.807) is 0 Å². The molecule has 0 aliphatic heterocycles. The van der Waals surface area contributed by atoms with Crippen LogP contribution < -0.4 is 4.74 Å². The van der Waals surface area contributed by atoms with Gasteiger partial charge in [0.05, 0.1) is 6.61 Å². The molecule has 2 aliphatic rings. The van der Waals surface area contributed by atoms with Crippen molar-refractivity contribution in [2.45, 2.75) is 39.5 Å². The molecule has 0 aromatic rings. The average molecular weight is 264 g/mol. The smallest absolute Gasteiger partial charge is 0.155 e. The summed E-state index contributed by atoms with van der Waals surface area (Å²) >= 11 is 0. The summed E-state index contributed by atoms with van der Waals surface area (Å²) in [6.07, 6.45) is 5.42. The maximum atomic E-state index is 10.6. The maximum absolute atomic E-state index is 10.6. The maximum Gasteiger partial charge on any atom is 0.155 e. The van der Waals surface area contributed by atoms with E-state index in [0.717, 1.165) is 25.2 Å². The SMILES string of the molecule is C=CC(=O)CCCCC.CCOc1ccc2cc1-2.O. The van der Waals surface area contributed by atoms with Gasteiger partial charge in [-0.3, -0.25) is 4.79 Å². The van der Waals surface area contributed by atoms with Crippen LogP contribution in [0.25, 0.3) is 11.1 Å². The minimum atomic E-state index is 0. The Labute approximate surface area is 115 Å². The zero-order valence-corrected chi connectivity index (χ0v) is 11.9. The van der Waals surface area contributed by atoms with Crippen LogP contribution >= 0.6 is 0 Å². The molecule has 0 aromatic carbocycles. The second-order valence-electron chi connectivity index (χ2n) is 4.27. The largest absolute Gasteiger partial charge is 0.493 e. The molecule has 0 spiro atoms. The van der Waals surface area contributed by atoms with Crippen molar-refractivity contribution in [2.24, 2.45) is 0 Å². The van der Waals surface area contributed by atoms with Gasteiger partial charge in [0, 0.05) is 12.0 Å². The van der Waals surface area contributed by atoms with Gasteiger partial charge in [-0.15, -0.1) is 0 Å². The molecule has 0 bridgehead atoms. The molecule has 2 N–H and O–H groups in total. The molecule has 0 fully saturated rings. The lowest BCUT2D eigenvalue weighted by molar-refractivity contribution is -0.114. The third kappa shape index (κ3) is 6.20. The van der Waals surface area contributed by atoms with Gasteiger partial charge in [0.2, 0.25) is 0 Å². The van der Waals surface area contributed by atoms with Gasteiger partial charge in [-0.05, 0) is 37.1 Å². The molecule has 0 radical (unpaired) electrons. The molecule has 0 saturated heterocycles. The van der Waals surface area contributed by atoms with E-state index in [9.17, 15) is 4.79 Å². The molecule has 2 rings (SSSR count). The Hall–Kier alpha value is -1.61. The normalized spacial score (nSPS) is 9.58. The van der Waals surface area contributed by atoms with Crippen molar-refractivity contribution in [1.82, 2.24) is 0 Å². The van der Waals surface area contributed by atoms with Gasteiger partial charge in [0.1, 0.15) is 5.75 Å². The van der Waals surface area contributed by atoms with Crippen LogP contribution in [0.4, 0.5) is 0 Å². The van der Waals surface area contributed by atoms with Crippen molar-refractivity contribution in [3.8, 4) is 16.9 Å². The molecule has 0 atom stereocenters. The van der Waals surface area contributed by atoms with Crippen LogP contribution in [0.1, 0.15) is 39.5 Å². The fourth-order valence-electron chi connectivity index (χ4n) is 1.66. The monoisotopic (exact) mass is 264 g/mol. The third-order valence-electron chi connectivity index (χ3n) is 2.76. The van der Waals surface area contributed by atoms with Crippen molar-refractivity contribution in [3.63, 3.8) is 0 Å². The highest BCUT2D eigenvalue weighted by Gasteiger charge is 2.17. The molecule has 2 aliphatic carbocycles. The molecule has 0 unspecified atom stereocenters. The highest BCUT2D eigenvalue weighted by Crippen LogP contribution is 2.43. The predicted octanol–water partition coefficient (Wildman–Crippen LogP) is 3.56. The summed E-state index contributed by atoms with van der Waals surface area (Å²) in [7, 11) is 0. The topological polar surface area (TPSA) is 57.8 Å². The van der Waals surface area contributed by atoms with Crippen LogP contribution in [0.15, 0.2) is 30.9 Å². The highest BCUT2D eigenvalue weighted by molar-refractivity contribution is 5.89. The van der Waals surface area contributed by atoms with Crippen molar-refractivity contribution in [3.05, 3.63) is 30.9 Å². The predicted molar refractivity (Wildman–Crippen MR) is 79.6 cm³/mol. The van der Waals surface area contributed by atoms with Crippen molar-refractivity contribution < 1.29 is 15.0 Å². The van der Waals surface area contributed by atoms with Crippen LogP contribution in [0, 0.1) is 0 Å². The molecule has 19 heavy (non-hydrogen) atoms. The molecule has 3 heteroatoms. The van der Waals surface area contributed by atoms with Gasteiger partial charge in [-0.25, -0.2) is 0 Å². The first-order valence-electron chi connectivity index (χ1n) is 6.65. The van der Waals surface area contributed by atoms with E-state index >= 15 is 0 Å². The van der Waals surface area contributed by atoms with Gasteiger partial charge >= 0.3 is 0 Å². The number of ketones is 1. The van der Waals surface area contributed by atoms with Crippen molar-refractivity contribution in [1.29, 1.82) is 0 Å². The van der Waals surface area contributed by atoms with E-state index in [1.165, 1.54) is 23.6 Å². The van der Waals surface area contributed by atoms with E-state index < -0.39 is 0 Å². The van der Waals surface area contributed by atoms with Crippen LogP contribution in [0.5, 0.6) is 5.75 Å². The molecule has 0 amide bonds. The fraction of sp³-hybridized carbons (Fsp3) is 0.438. The van der Waals surface area contributed by atoms with Crippen LogP contribution in [-0.2, 0) is 4.79 Å². The van der Waals surface area contributed by atoms with Gasteiger partial charge in [-0.2, -0.15) is 0 Å². The molecule has 106 valence electrons. The quantitative estimate of drug-likeness (QED) is 0.567. The number of carbonyl (C=O) groups is 1. The van der Waals surface area contributed by atoms with E-state index in [0.29, 0.717) is 6.42 Å². The number of carbonyl (C=O) groups excluding carboxylic acids is 1. The van der Waals surface area contributed by atoms with E-state index in [2.05, 4.69) is 25.6 Å². The first-order chi connectivity index (χ1) is 8.72. The number of benzene rings is 1. The number of hydrogen-bond donors (Lipinski definition) is 0. The average Bonchev–Trinajstić information content (AvgIpc) is 3.07. The summed E-state index contributed by atoms with van der Waals surface area (Å²) < 4.78 is 5.30. The van der Waals surface area contributed by atoms with E-state index in [4.69, 9.17) is 4.74 Å². The Balaban J connectivity index is 0.000000324. The van der Waals surface area contributed by atoms with Crippen molar-refractivity contribution in [2.75, 3.05) is 6.61 Å². The Morgan fingerprint density at radius 3 is 2.47 bits per heavy atom. The Morgan fingerprint density at radius 2 is 2.05 bits per heavy atom. The Morgan fingerprint density at radius 1 is 1.32 bits per heavy atom. The lowest BCUT2D eigenvalue weighted by atomic mass is 10.1. The summed E-state index contributed by atoms with van der Waals surface area (Å²) in [4.78, 5) is 10.6. The molecule has 0 saturated carbocycles. The Kier molecular flexibility index (Phi) is 8.55. The van der Waals surface area contributed by atoms with E-state index in [-0.39, 0.29) is 11.3 Å². The zero-order chi connectivity index (χ0) is 13.4. The lowest BCUT2D eigenvalue weighted by Crippen LogP contribution is -1.90. The molecular weight excluding hydrogens is 240 g/mol. The van der Waals surface area contributed by atoms with E-state index in [1.807, 2.05) is 13.0 Å². The second kappa shape index (κ2) is 9.34. The number of fused-ring (bicyclic) bond motifs is 1. The molecule has 0 heterocycles. The second-order valence-corrected chi connectivity index (χ2v) is 4.27. The summed E-state index contributed by atoms with van der Waals surface area (Å²) in [6, 6.07) is 6.24. The van der Waals surface area contributed by atoms with Gasteiger partial charge in [-0.1, -0.05) is 32.4 Å². The number of unbranched alkanes of at least 4 members (excludes halogenated alkanes) is 2.